The molecule has 1 fully saturated rings. The third-order valence-corrected chi connectivity index (χ3v) is 5.17. The molecule has 3 aromatic rings. The van der Waals surface area contributed by atoms with E-state index in [4.69, 9.17) is 8.83 Å². The third-order valence-electron chi connectivity index (χ3n) is 5.17. The molecule has 1 atom stereocenters. The van der Waals surface area contributed by atoms with Gasteiger partial charge in [0.15, 0.2) is 17.8 Å². The molecule has 1 aromatic carbocycles. The summed E-state index contributed by atoms with van der Waals surface area (Å²) in [6.07, 6.45) is 3.81. The van der Waals surface area contributed by atoms with Crippen molar-refractivity contribution in [2.24, 2.45) is 5.92 Å². The summed E-state index contributed by atoms with van der Waals surface area (Å²) in [6, 6.07) is 9.28. The van der Waals surface area contributed by atoms with Crippen LogP contribution < -0.4 is 5.32 Å². The van der Waals surface area contributed by atoms with Crippen molar-refractivity contribution in [2.75, 3.05) is 19.6 Å². The number of amides is 2. The molecular formula is C21H23N3O4. The molecule has 1 aliphatic rings. The van der Waals surface area contributed by atoms with Crippen molar-refractivity contribution in [1.82, 2.24) is 15.2 Å². The van der Waals surface area contributed by atoms with Crippen LogP contribution in [0.1, 0.15) is 46.6 Å². The Morgan fingerprint density at radius 2 is 2.18 bits per heavy atom. The maximum absolute atomic E-state index is 12.7. The number of piperidine rings is 1. The van der Waals surface area contributed by atoms with Crippen LogP contribution in [0.4, 0.5) is 0 Å². The Morgan fingerprint density at radius 1 is 1.32 bits per heavy atom. The highest BCUT2D eigenvalue weighted by atomic mass is 16.3. The number of rotatable bonds is 5. The molecule has 2 aromatic heterocycles. The zero-order valence-electron chi connectivity index (χ0n) is 15.8. The first-order chi connectivity index (χ1) is 13.7. The molecule has 1 N–H and O–H groups in total. The molecule has 1 saturated heterocycles. The van der Waals surface area contributed by atoms with Crippen LogP contribution in [0.3, 0.4) is 0 Å². The fraction of sp³-hybridized carbons (Fsp3) is 0.381. The predicted octanol–water partition coefficient (Wildman–Crippen LogP) is 3.27. The van der Waals surface area contributed by atoms with Gasteiger partial charge in [0.25, 0.3) is 11.8 Å². The number of para-hydroxylation sites is 1. The number of nitrogens with zero attached hydrogens (tertiary/aromatic N) is 2. The number of furan rings is 1. The summed E-state index contributed by atoms with van der Waals surface area (Å²) in [5.41, 5.74) is 1.09. The van der Waals surface area contributed by atoms with Crippen LogP contribution in [0.5, 0.6) is 0 Å². The molecule has 0 aliphatic carbocycles. The van der Waals surface area contributed by atoms with E-state index in [1.165, 1.54) is 6.39 Å². The Hall–Kier alpha value is -3.09. The maximum atomic E-state index is 12.7. The van der Waals surface area contributed by atoms with Gasteiger partial charge < -0.3 is 19.1 Å². The summed E-state index contributed by atoms with van der Waals surface area (Å²) in [4.78, 5) is 31.1. The van der Waals surface area contributed by atoms with Crippen molar-refractivity contribution in [2.45, 2.75) is 26.2 Å². The number of carbonyl (C=O) groups excluding carboxylic acids is 2. The summed E-state index contributed by atoms with van der Waals surface area (Å²) in [5.74, 6) is 0.789. The largest absolute Gasteiger partial charge is 0.451 e. The Labute approximate surface area is 162 Å². The molecule has 4 rings (SSSR count). The second kappa shape index (κ2) is 7.88. The molecule has 2 amide bonds. The van der Waals surface area contributed by atoms with E-state index in [-0.39, 0.29) is 17.7 Å². The highest BCUT2D eigenvalue weighted by molar-refractivity contribution is 5.96. The molecule has 0 bridgehead atoms. The van der Waals surface area contributed by atoms with Gasteiger partial charge in [0.05, 0.1) is 0 Å². The first kappa shape index (κ1) is 18.3. The molecule has 1 unspecified atom stereocenters. The number of likely N-dealkylation sites (tertiary alicyclic amines) is 1. The molecule has 1 aliphatic heterocycles. The van der Waals surface area contributed by atoms with Crippen LogP contribution in [0.15, 0.2) is 45.6 Å². The van der Waals surface area contributed by atoms with Crippen molar-refractivity contribution < 1.29 is 18.4 Å². The van der Waals surface area contributed by atoms with Gasteiger partial charge in [-0.05, 0) is 30.9 Å². The van der Waals surface area contributed by atoms with E-state index < -0.39 is 0 Å². The number of aryl methyl sites for hydroxylation is 1. The quantitative estimate of drug-likeness (QED) is 0.733. The van der Waals surface area contributed by atoms with Crippen molar-refractivity contribution in [3.05, 3.63) is 53.9 Å². The average Bonchev–Trinajstić information content (AvgIpc) is 3.38. The summed E-state index contributed by atoms with van der Waals surface area (Å²) in [7, 11) is 0. The minimum absolute atomic E-state index is 0.0982. The highest BCUT2D eigenvalue weighted by Gasteiger charge is 2.28. The number of oxazole rings is 1. The fourth-order valence-corrected chi connectivity index (χ4v) is 3.68. The number of hydrogen-bond acceptors (Lipinski definition) is 5. The van der Waals surface area contributed by atoms with Crippen LogP contribution >= 0.6 is 0 Å². The fourth-order valence-electron chi connectivity index (χ4n) is 3.68. The molecule has 28 heavy (non-hydrogen) atoms. The van der Waals surface area contributed by atoms with E-state index in [1.807, 2.05) is 31.2 Å². The van der Waals surface area contributed by atoms with E-state index in [0.29, 0.717) is 48.9 Å². The van der Waals surface area contributed by atoms with Gasteiger partial charge in [-0.3, -0.25) is 9.59 Å². The average molecular weight is 381 g/mol. The molecule has 0 radical (unpaired) electrons. The Morgan fingerprint density at radius 3 is 3.00 bits per heavy atom. The molecule has 146 valence electrons. The van der Waals surface area contributed by atoms with Crippen molar-refractivity contribution in [3.8, 4) is 0 Å². The molecule has 0 saturated carbocycles. The number of benzene rings is 1. The van der Waals surface area contributed by atoms with Crippen molar-refractivity contribution in [1.29, 1.82) is 0 Å². The Balaban J connectivity index is 1.36. The van der Waals surface area contributed by atoms with Gasteiger partial charge in [0.2, 0.25) is 0 Å². The van der Waals surface area contributed by atoms with Crippen LogP contribution in [0, 0.1) is 5.92 Å². The smallest absolute Gasteiger partial charge is 0.287 e. The lowest BCUT2D eigenvalue weighted by atomic mass is 9.97. The van der Waals surface area contributed by atoms with Crippen LogP contribution in [0.2, 0.25) is 0 Å². The normalized spacial score (nSPS) is 17.0. The molecule has 7 heteroatoms. The zero-order valence-corrected chi connectivity index (χ0v) is 15.8. The van der Waals surface area contributed by atoms with Gasteiger partial charge in [0.1, 0.15) is 11.3 Å². The highest BCUT2D eigenvalue weighted by Crippen LogP contribution is 2.21. The number of hydrogen-bond donors (Lipinski definition) is 1. The van der Waals surface area contributed by atoms with Gasteiger partial charge in [0, 0.05) is 31.4 Å². The summed E-state index contributed by atoms with van der Waals surface area (Å²) < 4.78 is 10.9. The zero-order chi connectivity index (χ0) is 19.5. The minimum atomic E-state index is -0.232. The SMILES string of the molecule is CCc1ocnc1C(=O)N1CCCC(CNC(=O)c2cc3ccccc3o2)C1. The first-order valence-electron chi connectivity index (χ1n) is 9.64. The van der Waals surface area contributed by atoms with Gasteiger partial charge in [-0.1, -0.05) is 25.1 Å². The summed E-state index contributed by atoms with van der Waals surface area (Å²) in [5, 5.41) is 3.85. The first-order valence-corrected chi connectivity index (χ1v) is 9.64. The summed E-state index contributed by atoms with van der Waals surface area (Å²) >= 11 is 0. The predicted molar refractivity (Wildman–Crippen MR) is 103 cm³/mol. The number of carbonyl (C=O) groups is 2. The van der Waals surface area contributed by atoms with E-state index >= 15 is 0 Å². The topological polar surface area (TPSA) is 88.6 Å². The van der Waals surface area contributed by atoms with Crippen molar-refractivity contribution in [3.63, 3.8) is 0 Å². The Bertz CT molecular complexity index is 957. The molecule has 3 heterocycles. The van der Waals surface area contributed by atoms with Crippen LogP contribution in [0.25, 0.3) is 11.0 Å². The molecule has 0 spiro atoms. The molecular weight excluding hydrogens is 358 g/mol. The number of fused-ring (bicyclic) bond motifs is 1. The maximum Gasteiger partial charge on any atom is 0.287 e. The third kappa shape index (κ3) is 3.65. The number of aromatic nitrogens is 1. The van der Waals surface area contributed by atoms with Crippen LogP contribution in [-0.2, 0) is 6.42 Å². The van der Waals surface area contributed by atoms with Gasteiger partial charge in [-0.15, -0.1) is 0 Å². The monoisotopic (exact) mass is 381 g/mol. The second-order valence-corrected chi connectivity index (χ2v) is 7.10. The lowest BCUT2D eigenvalue weighted by Crippen LogP contribution is -2.44. The lowest BCUT2D eigenvalue weighted by molar-refractivity contribution is 0.0662. The molecule has 7 nitrogen and oxygen atoms in total. The minimum Gasteiger partial charge on any atom is -0.451 e. The van der Waals surface area contributed by atoms with E-state index in [1.54, 1.807) is 11.0 Å². The van der Waals surface area contributed by atoms with E-state index in [2.05, 4.69) is 10.3 Å². The van der Waals surface area contributed by atoms with Gasteiger partial charge >= 0.3 is 0 Å². The lowest BCUT2D eigenvalue weighted by Gasteiger charge is -2.32. The van der Waals surface area contributed by atoms with Crippen molar-refractivity contribution >= 4 is 22.8 Å². The van der Waals surface area contributed by atoms with Gasteiger partial charge in [-0.25, -0.2) is 4.98 Å². The number of nitrogens with one attached hydrogen (secondary N) is 1. The van der Waals surface area contributed by atoms with Gasteiger partial charge in [-0.2, -0.15) is 0 Å². The van der Waals surface area contributed by atoms with E-state index in [0.717, 1.165) is 18.2 Å². The standard InChI is InChI=1S/C21H23N3O4/c1-2-16-19(23-13-27-16)21(26)24-9-5-6-14(12-24)11-22-20(25)18-10-15-7-3-4-8-17(15)28-18/h3-4,7-8,10,13-14H,2,5-6,9,11-12H2,1H3,(H,22,25). The summed E-state index contributed by atoms with van der Waals surface area (Å²) in [6.45, 7) is 3.72. The second-order valence-electron chi connectivity index (χ2n) is 7.10. The van der Waals surface area contributed by atoms with E-state index in [9.17, 15) is 9.59 Å². The Kier molecular flexibility index (Phi) is 5.14. The van der Waals surface area contributed by atoms with Crippen LogP contribution in [-0.4, -0.2) is 41.3 Å².